The number of para-hydroxylation sites is 2. The smallest absolute Gasteiger partial charge is 0.268 e. The van der Waals surface area contributed by atoms with Crippen molar-refractivity contribution in [2.24, 2.45) is 0 Å². The Labute approximate surface area is 167 Å². The summed E-state index contributed by atoms with van der Waals surface area (Å²) in [5, 5.41) is 1.93. The normalized spacial score (nSPS) is 11.0. The van der Waals surface area contributed by atoms with Crippen molar-refractivity contribution in [3.05, 3.63) is 59.5 Å². The van der Waals surface area contributed by atoms with Gasteiger partial charge in [-0.2, -0.15) is 0 Å². The van der Waals surface area contributed by atoms with Crippen LogP contribution in [-0.4, -0.2) is 31.7 Å². The Hall–Kier alpha value is -3.12. The molecule has 1 amide bonds. The first kappa shape index (κ1) is 18.3. The molecule has 2 aromatic heterocycles. The Balaban J connectivity index is 1.72. The lowest BCUT2D eigenvalue weighted by molar-refractivity contribution is 0.0996. The Kier molecular flexibility index (Phi) is 4.88. The predicted octanol–water partition coefficient (Wildman–Crippen LogP) is 5.13. The number of hydrogen-bond acceptors (Lipinski definition) is 5. The van der Waals surface area contributed by atoms with Gasteiger partial charge in [0, 0.05) is 17.8 Å². The largest absolute Gasteiger partial charge is 0.497 e. The second-order valence-electron chi connectivity index (χ2n) is 6.32. The molecule has 4 aromatic rings. The van der Waals surface area contributed by atoms with Crippen LogP contribution in [0.2, 0.25) is 0 Å². The standard InChI is InChI=1S/C22H20N2O3S/c1-4-27-19-8-6-5-7-18(19)24(2)22(25)20-13-15-11-14-12-16(26-3)9-10-17(14)23-21(15)28-20/h5-13H,4H2,1-3H3. The van der Waals surface area contributed by atoms with E-state index in [0.717, 1.165) is 32.6 Å². The fourth-order valence-corrected chi connectivity index (χ4v) is 4.13. The van der Waals surface area contributed by atoms with Gasteiger partial charge in [0.05, 0.1) is 29.8 Å². The zero-order valence-corrected chi connectivity index (χ0v) is 16.7. The highest BCUT2D eigenvalue weighted by molar-refractivity contribution is 7.20. The molecule has 0 unspecified atom stereocenters. The third-order valence-corrected chi connectivity index (χ3v) is 5.58. The quantitative estimate of drug-likeness (QED) is 0.472. The average molecular weight is 392 g/mol. The topological polar surface area (TPSA) is 51.7 Å². The van der Waals surface area contributed by atoms with Crippen LogP contribution >= 0.6 is 11.3 Å². The maximum atomic E-state index is 13.1. The number of fused-ring (bicyclic) bond motifs is 2. The summed E-state index contributed by atoms with van der Waals surface area (Å²) in [5.41, 5.74) is 1.62. The van der Waals surface area contributed by atoms with Gasteiger partial charge >= 0.3 is 0 Å². The van der Waals surface area contributed by atoms with Crippen molar-refractivity contribution in [1.29, 1.82) is 0 Å². The third-order valence-electron chi connectivity index (χ3n) is 4.55. The van der Waals surface area contributed by atoms with Crippen molar-refractivity contribution >= 4 is 44.1 Å². The Morgan fingerprint density at radius 2 is 1.93 bits per heavy atom. The van der Waals surface area contributed by atoms with Crippen LogP contribution in [0.3, 0.4) is 0 Å². The van der Waals surface area contributed by atoms with Crippen LogP contribution in [0.25, 0.3) is 21.1 Å². The van der Waals surface area contributed by atoms with E-state index < -0.39 is 0 Å². The van der Waals surface area contributed by atoms with Gasteiger partial charge in [-0.1, -0.05) is 12.1 Å². The molecule has 0 spiro atoms. The van der Waals surface area contributed by atoms with Crippen LogP contribution in [-0.2, 0) is 0 Å². The second-order valence-corrected chi connectivity index (χ2v) is 7.35. The summed E-state index contributed by atoms with van der Waals surface area (Å²) in [6, 6.07) is 17.3. The molecule has 0 radical (unpaired) electrons. The third kappa shape index (κ3) is 3.27. The van der Waals surface area contributed by atoms with E-state index in [0.29, 0.717) is 17.2 Å². The molecular weight excluding hydrogens is 372 g/mol. The second kappa shape index (κ2) is 7.48. The number of pyridine rings is 1. The van der Waals surface area contributed by atoms with Gasteiger partial charge in [0.25, 0.3) is 5.91 Å². The molecule has 0 aliphatic carbocycles. The van der Waals surface area contributed by atoms with Gasteiger partial charge in [-0.05, 0) is 49.4 Å². The molecule has 28 heavy (non-hydrogen) atoms. The summed E-state index contributed by atoms with van der Waals surface area (Å²) in [7, 11) is 3.41. The van der Waals surface area contributed by atoms with Crippen molar-refractivity contribution in [2.75, 3.05) is 25.7 Å². The minimum Gasteiger partial charge on any atom is -0.497 e. The monoisotopic (exact) mass is 392 g/mol. The van der Waals surface area contributed by atoms with Crippen LogP contribution in [0, 0.1) is 0 Å². The minimum atomic E-state index is -0.0863. The first-order valence-corrected chi connectivity index (χ1v) is 9.80. The summed E-state index contributed by atoms with van der Waals surface area (Å²) in [4.78, 5) is 20.9. The SMILES string of the molecule is CCOc1ccccc1N(C)C(=O)c1cc2cc3cc(OC)ccc3nc2s1. The Morgan fingerprint density at radius 1 is 1.11 bits per heavy atom. The number of rotatable bonds is 5. The maximum Gasteiger partial charge on any atom is 0.268 e. The lowest BCUT2D eigenvalue weighted by Crippen LogP contribution is -2.25. The lowest BCUT2D eigenvalue weighted by Gasteiger charge is -2.19. The Morgan fingerprint density at radius 3 is 2.71 bits per heavy atom. The highest BCUT2D eigenvalue weighted by Crippen LogP contribution is 2.32. The number of nitrogens with zero attached hydrogens (tertiary/aromatic N) is 2. The molecule has 0 fully saturated rings. The summed E-state index contributed by atoms with van der Waals surface area (Å²) in [6.07, 6.45) is 0. The first-order valence-electron chi connectivity index (χ1n) is 8.99. The number of anilines is 1. The van der Waals surface area contributed by atoms with Gasteiger partial charge in [0.15, 0.2) is 0 Å². The molecule has 2 aromatic carbocycles. The van der Waals surface area contributed by atoms with Gasteiger partial charge in [-0.25, -0.2) is 4.98 Å². The number of hydrogen-bond donors (Lipinski definition) is 0. The van der Waals surface area contributed by atoms with Crippen LogP contribution in [0.1, 0.15) is 16.6 Å². The molecular formula is C22H20N2O3S. The average Bonchev–Trinajstić information content (AvgIpc) is 3.14. The van der Waals surface area contributed by atoms with Crippen LogP contribution in [0.4, 0.5) is 5.69 Å². The van der Waals surface area contributed by atoms with Gasteiger partial charge in [0.1, 0.15) is 16.3 Å². The highest BCUT2D eigenvalue weighted by Gasteiger charge is 2.20. The summed E-state index contributed by atoms with van der Waals surface area (Å²) >= 11 is 1.40. The molecule has 0 aliphatic heterocycles. The molecule has 142 valence electrons. The van der Waals surface area contributed by atoms with Crippen molar-refractivity contribution < 1.29 is 14.3 Å². The summed E-state index contributed by atoms with van der Waals surface area (Å²) in [5.74, 6) is 1.39. The predicted molar refractivity (Wildman–Crippen MR) is 114 cm³/mol. The fourth-order valence-electron chi connectivity index (χ4n) is 3.13. The number of ether oxygens (including phenoxy) is 2. The van der Waals surface area contributed by atoms with Crippen LogP contribution in [0.5, 0.6) is 11.5 Å². The molecule has 5 nitrogen and oxygen atoms in total. The number of thiophene rings is 1. The number of carbonyl (C=O) groups is 1. The molecule has 0 N–H and O–H groups in total. The molecule has 0 saturated heterocycles. The molecule has 0 bridgehead atoms. The van der Waals surface area contributed by atoms with E-state index in [9.17, 15) is 4.79 Å². The van der Waals surface area contributed by atoms with E-state index in [-0.39, 0.29) is 5.91 Å². The van der Waals surface area contributed by atoms with Gasteiger partial charge in [-0.15, -0.1) is 11.3 Å². The van der Waals surface area contributed by atoms with Crippen molar-refractivity contribution in [3.8, 4) is 11.5 Å². The molecule has 0 atom stereocenters. The number of benzene rings is 2. The van der Waals surface area contributed by atoms with Crippen LogP contribution in [0.15, 0.2) is 54.6 Å². The minimum absolute atomic E-state index is 0.0863. The molecule has 0 saturated carbocycles. The highest BCUT2D eigenvalue weighted by atomic mass is 32.1. The molecule has 6 heteroatoms. The van der Waals surface area contributed by atoms with Crippen molar-refractivity contribution in [3.63, 3.8) is 0 Å². The van der Waals surface area contributed by atoms with Crippen molar-refractivity contribution in [1.82, 2.24) is 4.98 Å². The number of methoxy groups -OCH3 is 1. The summed E-state index contributed by atoms with van der Waals surface area (Å²) in [6.45, 7) is 2.47. The van der Waals surface area contributed by atoms with Crippen LogP contribution < -0.4 is 14.4 Å². The van der Waals surface area contributed by atoms with E-state index in [4.69, 9.17) is 14.5 Å². The number of aromatic nitrogens is 1. The molecule has 4 rings (SSSR count). The summed E-state index contributed by atoms with van der Waals surface area (Å²) < 4.78 is 11.0. The lowest BCUT2D eigenvalue weighted by atomic mass is 10.2. The van der Waals surface area contributed by atoms with E-state index in [1.807, 2.05) is 61.5 Å². The van der Waals surface area contributed by atoms with Crippen molar-refractivity contribution in [2.45, 2.75) is 6.92 Å². The van der Waals surface area contributed by atoms with E-state index >= 15 is 0 Å². The van der Waals surface area contributed by atoms with E-state index in [2.05, 4.69) is 0 Å². The zero-order chi connectivity index (χ0) is 19.7. The molecule has 2 heterocycles. The number of amides is 1. The van der Waals surface area contributed by atoms with Gasteiger partial charge < -0.3 is 14.4 Å². The molecule has 0 aliphatic rings. The van der Waals surface area contributed by atoms with Gasteiger partial charge in [0.2, 0.25) is 0 Å². The maximum absolute atomic E-state index is 13.1. The fraction of sp³-hybridized carbons (Fsp3) is 0.182. The zero-order valence-electron chi connectivity index (χ0n) is 15.9. The van der Waals surface area contributed by atoms with Gasteiger partial charge in [-0.3, -0.25) is 4.79 Å². The van der Waals surface area contributed by atoms with E-state index in [1.54, 1.807) is 19.1 Å². The van der Waals surface area contributed by atoms with E-state index in [1.165, 1.54) is 11.3 Å². The Bertz CT molecular complexity index is 1170. The first-order chi connectivity index (χ1) is 13.6. The number of carbonyl (C=O) groups excluding carboxylic acids is 1.